The molecule has 3 heteroatoms. The van der Waals surface area contributed by atoms with Gasteiger partial charge in [-0.1, -0.05) is 12.1 Å². The maximum absolute atomic E-state index is 5.39. The van der Waals surface area contributed by atoms with Crippen LogP contribution in [0.5, 0.6) is 0 Å². The average Bonchev–Trinajstić information content (AvgIpc) is 2.83. The van der Waals surface area contributed by atoms with Gasteiger partial charge in [-0.15, -0.1) is 11.3 Å². The third-order valence-corrected chi connectivity index (χ3v) is 3.63. The van der Waals surface area contributed by atoms with E-state index >= 15 is 0 Å². The fourth-order valence-corrected chi connectivity index (χ4v) is 2.57. The number of rotatable bonds is 6. The predicted molar refractivity (Wildman–Crippen MR) is 69.0 cm³/mol. The average molecular weight is 237 g/mol. The van der Waals surface area contributed by atoms with Crippen LogP contribution in [0.15, 0.2) is 29.2 Å². The third kappa shape index (κ3) is 4.08. The Kier molecular flexibility index (Phi) is 5.06. The lowest BCUT2D eigenvalue weighted by Gasteiger charge is -2.14. The van der Waals surface area contributed by atoms with Crippen molar-refractivity contribution in [3.63, 3.8) is 0 Å². The molecule has 2 heterocycles. The number of hydrogen-bond acceptors (Lipinski definition) is 3. The number of hydrogen-bond donors (Lipinski definition) is 1. The van der Waals surface area contributed by atoms with Crippen LogP contribution in [-0.4, -0.2) is 26.3 Å². The molecule has 0 spiro atoms. The lowest BCUT2D eigenvalue weighted by atomic mass is 10.2. The summed E-state index contributed by atoms with van der Waals surface area (Å²) in [7, 11) is 0. The van der Waals surface area contributed by atoms with Crippen LogP contribution in [0.3, 0.4) is 0 Å². The van der Waals surface area contributed by atoms with Crippen LogP contribution in [0.2, 0.25) is 0 Å². The zero-order valence-electron chi connectivity index (χ0n) is 9.58. The molecule has 0 atom stereocenters. The highest BCUT2D eigenvalue weighted by Crippen LogP contribution is 2.10. The fourth-order valence-electron chi connectivity index (χ4n) is 1.82. The van der Waals surface area contributed by atoms with Gasteiger partial charge in [0.05, 0.1) is 13.2 Å². The van der Waals surface area contributed by atoms with Crippen molar-refractivity contribution in [2.75, 3.05) is 26.3 Å². The van der Waals surface area contributed by atoms with Gasteiger partial charge in [0, 0.05) is 11.4 Å². The molecule has 2 nitrogen and oxygen atoms in total. The molecule has 1 aromatic rings. The topological polar surface area (TPSA) is 21.3 Å². The number of aryl methyl sites for hydroxylation is 1. The number of nitrogens with one attached hydrogen (secondary N) is 1. The molecule has 0 fully saturated rings. The minimum Gasteiger partial charge on any atom is -0.377 e. The molecule has 0 bridgehead atoms. The van der Waals surface area contributed by atoms with Gasteiger partial charge in [-0.3, -0.25) is 0 Å². The molecule has 0 unspecified atom stereocenters. The Balaban J connectivity index is 1.53. The summed E-state index contributed by atoms with van der Waals surface area (Å²) in [5.74, 6) is 0. The Labute approximate surface area is 101 Å². The van der Waals surface area contributed by atoms with Crippen molar-refractivity contribution in [1.82, 2.24) is 5.32 Å². The van der Waals surface area contributed by atoms with Crippen LogP contribution in [0.25, 0.3) is 0 Å². The second kappa shape index (κ2) is 6.84. The van der Waals surface area contributed by atoms with Crippen molar-refractivity contribution in [2.45, 2.75) is 19.3 Å². The normalized spacial score (nSPS) is 16.1. The first-order valence-corrected chi connectivity index (χ1v) is 6.82. The molecule has 0 radical (unpaired) electrons. The van der Waals surface area contributed by atoms with E-state index in [1.165, 1.54) is 23.3 Å². The van der Waals surface area contributed by atoms with E-state index in [4.69, 9.17) is 4.74 Å². The van der Waals surface area contributed by atoms with Crippen LogP contribution in [-0.2, 0) is 11.2 Å². The molecule has 0 amide bonds. The van der Waals surface area contributed by atoms with E-state index in [0.29, 0.717) is 0 Å². The van der Waals surface area contributed by atoms with Crippen molar-refractivity contribution in [2.24, 2.45) is 0 Å². The summed E-state index contributed by atoms with van der Waals surface area (Å²) in [5.41, 5.74) is 1.40. The van der Waals surface area contributed by atoms with Crippen molar-refractivity contribution >= 4 is 11.3 Å². The molecule has 1 N–H and O–H groups in total. The van der Waals surface area contributed by atoms with Crippen molar-refractivity contribution in [3.8, 4) is 0 Å². The standard InChI is InChI=1S/C13H19NOS/c1(5-13-6-3-9-16-13)7-14-10-12-4-2-8-15-11-12/h3-4,6,9,14H,1-2,5,7-8,10-11H2. The minimum atomic E-state index is 0.817. The quantitative estimate of drug-likeness (QED) is 0.606. The Bertz CT molecular complexity index is 319. The van der Waals surface area contributed by atoms with Gasteiger partial charge in [0.2, 0.25) is 0 Å². The molecule has 0 saturated carbocycles. The maximum atomic E-state index is 5.39. The Morgan fingerprint density at radius 3 is 3.19 bits per heavy atom. The van der Waals surface area contributed by atoms with E-state index in [0.717, 1.165) is 32.7 Å². The van der Waals surface area contributed by atoms with Crippen LogP contribution >= 0.6 is 11.3 Å². The smallest absolute Gasteiger partial charge is 0.0689 e. The first-order valence-electron chi connectivity index (χ1n) is 5.94. The Morgan fingerprint density at radius 1 is 1.44 bits per heavy atom. The van der Waals surface area contributed by atoms with Gasteiger partial charge in [0.25, 0.3) is 0 Å². The maximum Gasteiger partial charge on any atom is 0.0689 e. The van der Waals surface area contributed by atoms with Gasteiger partial charge < -0.3 is 10.1 Å². The van der Waals surface area contributed by atoms with E-state index in [2.05, 4.69) is 28.9 Å². The summed E-state index contributed by atoms with van der Waals surface area (Å²) in [4.78, 5) is 1.49. The monoisotopic (exact) mass is 237 g/mol. The van der Waals surface area contributed by atoms with E-state index in [-0.39, 0.29) is 0 Å². The van der Waals surface area contributed by atoms with E-state index < -0.39 is 0 Å². The molecule has 0 saturated heterocycles. The molecule has 1 aliphatic heterocycles. The van der Waals surface area contributed by atoms with Crippen molar-refractivity contribution in [3.05, 3.63) is 34.0 Å². The molecular formula is C13H19NOS. The molecule has 1 aromatic heterocycles. The number of thiophene rings is 1. The van der Waals surface area contributed by atoms with Gasteiger partial charge in [-0.05, 0) is 42.8 Å². The van der Waals surface area contributed by atoms with Crippen molar-refractivity contribution < 1.29 is 4.74 Å². The zero-order valence-corrected chi connectivity index (χ0v) is 10.4. The van der Waals surface area contributed by atoms with Crippen LogP contribution in [0.1, 0.15) is 17.7 Å². The van der Waals surface area contributed by atoms with Crippen molar-refractivity contribution in [1.29, 1.82) is 0 Å². The summed E-state index contributed by atoms with van der Waals surface area (Å²) in [6.07, 6.45) is 5.79. The summed E-state index contributed by atoms with van der Waals surface area (Å²) < 4.78 is 5.39. The first kappa shape index (κ1) is 11.8. The molecule has 2 rings (SSSR count). The SMILES string of the molecule is C1=C(CNCCCc2cccs2)COCC1. The fraction of sp³-hybridized carbons (Fsp3) is 0.538. The van der Waals surface area contributed by atoms with Crippen LogP contribution in [0, 0.1) is 0 Å². The van der Waals surface area contributed by atoms with Gasteiger partial charge in [0.15, 0.2) is 0 Å². The van der Waals surface area contributed by atoms with E-state index in [1.807, 2.05) is 11.3 Å². The molecule has 1 aliphatic rings. The summed E-state index contributed by atoms with van der Waals surface area (Å²) in [5, 5.41) is 5.62. The Hall–Kier alpha value is -0.640. The minimum absolute atomic E-state index is 0.817. The van der Waals surface area contributed by atoms with Gasteiger partial charge in [0.1, 0.15) is 0 Å². The van der Waals surface area contributed by atoms with Gasteiger partial charge in [-0.2, -0.15) is 0 Å². The number of ether oxygens (including phenoxy) is 1. The highest BCUT2D eigenvalue weighted by atomic mass is 32.1. The predicted octanol–water partition coefficient (Wildman–Crippen LogP) is 2.62. The lowest BCUT2D eigenvalue weighted by molar-refractivity contribution is 0.149. The van der Waals surface area contributed by atoms with E-state index in [1.54, 1.807) is 0 Å². The molecule has 88 valence electrons. The van der Waals surface area contributed by atoms with E-state index in [9.17, 15) is 0 Å². The second-order valence-electron chi connectivity index (χ2n) is 4.06. The summed E-state index contributed by atoms with van der Waals surface area (Å²) >= 11 is 1.85. The molecular weight excluding hydrogens is 218 g/mol. The van der Waals surface area contributed by atoms with Gasteiger partial charge in [-0.25, -0.2) is 0 Å². The zero-order chi connectivity index (χ0) is 11.1. The molecule has 16 heavy (non-hydrogen) atoms. The first-order chi connectivity index (χ1) is 7.95. The second-order valence-corrected chi connectivity index (χ2v) is 5.10. The molecule has 0 aromatic carbocycles. The van der Waals surface area contributed by atoms with Gasteiger partial charge >= 0.3 is 0 Å². The lowest BCUT2D eigenvalue weighted by Crippen LogP contribution is -2.22. The summed E-state index contributed by atoms with van der Waals surface area (Å²) in [6, 6.07) is 4.33. The Morgan fingerprint density at radius 2 is 2.44 bits per heavy atom. The highest BCUT2D eigenvalue weighted by molar-refractivity contribution is 7.09. The van der Waals surface area contributed by atoms with Crippen LogP contribution < -0.4 is 5.32 Å². The van der Waals surface area contributed by atoms with Crippen LogP contribution in [0.4, 0.5) is 0 Å². The summed E-state index contributed by atoms with van der Waals surface area (Å²) in [6.45, 7) is 3.79. The highest BCUT2D eigenvalue weighted by Gasteiger charge is 2.02. The largest absolute Gasteiger partial charge is 0.377 e. The molecule has 0 aliphatic carbocycles. The third-order valence-electron chi connectivity index (χ3n) is 2.69.